The lowest BCUT2D eigenvalue weighted by atomic mass is 10.2. The van der Waals surface area contributed by atoms with Crippen molar-refractivity contribution in [2.24, 2.45) is 5.73 Å². The van der Waals surface area contributed by atoms with E-state index in [1.807, 2.05) is 30.3 Å². The molecular weight excluding hydrogens is 206 g/mol. The smallest absolute Gasteiger partial charge is 0.0502 e. The molecule has 0 saturated heterocycles. The van der Waals surface area contributed by atoms with Crippen molar-refractivity contribution in [2.75, 3.05) is 0 Å². The molecule has 3 unspecified atom stereocenters. The van der Waals surface area contributed by atoms with Gasteiger partial charge in [-0.15, -0.1) is 0 Å². The van der Waals surface area contributed by atoms with Crippen LogP contribution in [0.1, 0.15) is 24.8 Å². The fourth-order valence-electron chi connectivity index (χ4n) is 2.13. The van der Waals surface area contributed by atoms with E-state index in [2.05, 4.69) is 0 Å². The molecule has 0 aromatic heterocycles. The third-order valence-electron chi connectivity index (χ3n) is 2.99. The van der Waals surface area contributed by atoms with E-state index in [1.54, 1.807) is 0 Å². The van der Waals surface area contributed by atoms with Gasteiger partial charge in [0.25, 0.3) is 0 Å². The molecule has 3 atom stereocenters. The Morgan fingerprint density at radius 3 is 2.60 bits per heavy atom. The van der Waals surface area contributed by atoms with Gasteiger partial charge in [0.15, 0.2) is 0 Å². The van der Waals surface area contributed by atoms with E-state index in [9.17, 15) is 4.21 Å². The van der Waals surface area contributed by atoms with Crippen LogP contribution >= 0.6 is 0 Å². The fraction of sp³-hybridized carbons (Fsp3) is 0.500. The molecule has 0 bridgehead atoms. The summed E-state index contributed by atoms with van der Waals surface area (Å²) in [6.45, 7) is 0. The van der Waals surface area contributed by atoms with Crippen molar-refractivity contribution in [3.8, 4) is 0 Å². The zero-order valence-electron chi connectivity index (χ0n) is 8.76. The largest absolute Gasteiger partial charge is 0.327 e. The Morgan fingerprint density at radius 2 is 2.00 bits per heavy atom. The second-order valence-corrected chi connectivity index (χ2v) is 5.80. The average Bonchev–Trinajstić information content (AvgIpc) is 2.66. The van der Waals surface area contributed by atoms with E-state index in [1.165, 1.54) is 0 Å². The van der Waals surface area contributed by atoms with Gasteiger partial charge in [-0.05, 0) is 18.4 Å². The molecular formula is C12H17NOS. The van der Waals surface area contributed by atoms with Gasteiger partial charge in [0.1, 0.15) is 0 Å². The Bertz CT molecular complexity index is 339. The number of hydrogen-bond acceptors (Lipinski definition) is 2. The maximum Gasteiger partial charge on any atom is 0.0502 e. The van der Waals surface area contributed by atoms with Crippen LogP contribution in [0.25, 0.3) is 0 Å². The summed E-state index contributed by atoms with van der Waals surface area (Å²) in [5, 5.41) is 0.213. The van der Waals surface area contributed by atoms with E-state index in [-0.39, 0.29) is 11.3 Å². The number of benzene rings is 1. The Labute approximate surface area is 93.3 Å². The highest BCUT2D eigenvalue weighted by atomic mass is 32.2. The molecule has 0 radical (unpaired) electrons. The topological polar surface area (TPSA) is 43.1 Å². The van der Waals surface area contributed by atoms with Crippen molar-refractivity contribution in [1.82, 2.24) is 0 Å². The molecule has 82 valence electrons. The van der Waals surface area contributed by atoms with Crippen LogP contribution in [0.3, 0.4) is 0 Å². The summed E-state index contributed by atoms with van der Waals surface area (Å²) in [4.78, 5) is 0. The minimum absolute atomic E-state index is 0.148. The van der Waals surface area contributed by atoms with Crippen LogP contribution in [0.4, 0.5) is 0 Å². The molecule has 2 nitrogen and oxygen atoms in total. The molecule has 1 aromatic rings. The van der Waals surface area contributed by atoms with E-state index in [0.717, 1.165) is 24.8 Å². The first-order valence-corrected chi connectivity index (χ1v) is 6.82. The van der Waals surface area contributed by atoms with Gasteiger partial charge in [-0.25, -0.2) is 0 Å². The van der Waals surface area contributed by atoms with Crippen molar-refractivity contribution in [3.05, 3.63) is 35.9 Å². The first kappa shape index (κ1) is 10.8. The zero-order valence-corrected chi connectivity index (χ0v) is 9.58. The van der Waals surface area contributed by atoms with Crippen LogP contribution in [0, 0.1) is 0 Å². The predicted molar refractivity (Wildman–Crippen MR) is 63.9 cm³/mol. The van der Waals surface area contributed by atoms with E-state index in [0.29, 0.717) is 5.75 Å². The summed E-state index contributed by atoms with van der Waals surface area (Å²) in [6, 6.07) is 10.2. The Morgan fingerprint density at radius 1 is 1.27 bits per heavy atom. The maximum atomic E-state index is 12.1. The summed E-state index contributed by atoms with van der Waals surface area (Å²) >= 11 is 0. The maximum absolute atomic E-state index is 12.1. The number of nitrogens with two attached hydrogens (primary N) is 1. The second kappa shape index (κ2) is 4.90. The molecule has 1 aromatic carbocycles. The summed E-state index contributed by atoms with van der Waals surface area (Å²) < 4.78 is 12.1. The Hall–Kier alpha value is -0.670. The van der Waals surface area contributed by atoms with Crippen LogP contribution in [-0.2, 0) is 16.6 Å². The normalized spacial score (nSPS) is 27.8. The zero-order chi connectivity index (χ0) is 10.7. The molecule has 0 amide bonds. The van der Waals surface area contributed by atoms with Crippen molar-refractivity contribution in [2.45, 2.75) is 36.3 Å². The first-order chi connectivity index (χ1) is 7.27. The van der Waals surface area contributed by atoms with Gasteiger partial charge in [-0.1, -0.05) is 36.8 Å². The van der Waals surface area contributed by atoms with Gasteiger partial charge >= 0.3 is 0 Å². The molecule has 0 aliphatic heterocycles. The standard InChI is InChI=1S/C12H17NOS/c13-11-7-4-8-12(11)15(14)9-10-5-2-1-3-6-10/h1-3,5-6,11-12H,4,7-9,13H2. The highest BCUT2D eigenvalue weighted by molar-refractivity contribution is 7.84. The minimum Gasteiger partial charge on any atom is -0.327 e. The summed E-state index contributed by atoms with van der Waals surface area (Å²) in [6.07, 6.45) is 3.19. The summed E-state index contributed by atoms with van der Waals surface area (Å²) in [5.41, 5.74) is 7.09. The molecule has 2 N–H and O–H groups in total. The molecule has 1 aliphatic carbocycles. The van der Waals surface area contributed by atoms with E-state index < -0.39 is 10.8 Å². The van der Waals surface area contributed by atoms with Crippen LogP contribution in [0.5, 0.6) is 0 Å². The molecule has 0 spiro atoms. The Kier molecular flexibility index (Phi) is 3.54. The molecule has 1 fully saturated rings. The van der Waals surface area contributed by atoms with Crippen molar-refractivity contribution >= 4 is 10.8 Å². The van der Waals surface area contributed by atoms with Crippen LogP contribution in [0.2, 0.25) is 0 Å². The lowest BCUT2D eigenvalue weighted by Gasteiger charge is -2.14. The Balaban J connectivity index is 1.98. The van der Waals surface area contributed by atoms with Gasteiger partial charge in [0, 0.05) is 22.6 Å². The predicted octanol–water partition coefficient (Wildman–Crippen LogP) is 1.82. The van der Waals surface area contributed by atoms with Gasteiger partial charge in [0.05, 0.1) is 5.25 Å². The summed E-state index contributed by atoms with van der Waals surface area (Å²) in [7, 11) is -0.801. The van der Waals surface area contributed by atoms with Crippen molar-refractivity contribution in [3.63, 3.8) is 0 Å². The first-order valence-electron chi connectivity index (χ1n) is 5.44. The molecule has 3 heteroatoms. The van der Waals surface area contributed by atoms with Crippen LogP contribution in [-0.4, -0.2) is 15.5 Å². The number of rotatable bonds is 3. The van der Waals surface area contributed by atoms with Gasteiger partial charge in [-0.2, -0.15) is 0 Å². The molecule has 1 saturated carbocycles. The van der Waals surface area contributed by atoms with E-state index >= 15 is 0 Å². The second-order valence-electron chi connectivity index (χ2n) is 4.14. The minimum atomic E-state index is -0.801. The molecule has 15 heavy (non-hydrogen) atoms. The highest BCUT2D eigenvalue weighted by Gasteiger charge is 2.28. The fourth-order valence-corrected chi connectivity index (χ4v) is 3.82. The van der Waals surface area contributed by atoms with Crippen molar-refractivity contribution in [1.29, 1.82) is 0 Å². The molecule has 2 rings (SSSR count). The summed E-state index contributed by atoms with van der Waals surface area (Å²) in [5.74, 6) is 0.652. The van der Waals surface area contributed by atoms with Crippen LogP contribution < -0.4 is 5.73 Å². The highest BCUT2D eigenvalue weighted by Crippen LogP contribution is 2.23. The number of hydrogen-bond donors (Lipinski definition) is 1. The average molecular weight is 223 g/mol. The lowest BCUT2D eigenvalue weighted by Crippen LogP contribution is -2.33. The third-order valence-corrected chi connectivity index (χ3v) is 4.87. The van der Waals surface area contributed by atoms with Crippen molar-refractivity contribution < 1.29 is 4.21 Å². The van der Waals surface area contributed by atoms with E-state index in [4.69, 9.17) is 5.73 Å². The SMILES string of the molecule is NC1CCCC1S(=O)Cc1ccccc1. The lowest BCUT2D eigenvalue weighted by molar-refractivity contribution is 0.648. The van der Waals surface area contributed by atoms with Gasteiger partial charge < -0.3 is 5.73 Å². The molecule has 1 aliphatic rings. The third kappa shape index (κ3) is 2.67. The van der Waals surface area contributed by atoms with Crippen LogP contribution in [0.15, 0.2) is 30.3 Å². The molecule has 0 heterocycles. The van der Waals surface area contributed by atoms with Gasteiger partial charge in [0.2, 0.25) is 0 Å². The van der Waals surface area contributed by atoms with Gasteiger partial charge in [-0.3, -0.25) is 4.21 Å². The monoisotopic (exact) mass is 223 g/mol. The quantitative estimate of drug-likeness (QED) is 0.849.